The molecule has 1 aliphatic carbocycles. The van der Waals surface area contributed by atoms with Crippen molar-refractivity contribution in [3.05, 3.63) is 169 Å². The van der Waals surface area contributed by atoms with E-state index in [-0.39, 0.29) is 11.8 Å². The maximum atomic E-state index is 6.44. The van der Waals surface area contributed by atoms with Crippen LogP contribution < -0.4 is 0 Å². The maximum absolute atomic E-state index is 6.44. The van der Waals surface area contributed by atoms with E-state index < -0.39 is 5.41 Å². The predicted octanol–water partition coefficient (Wildman–Crippen LogP) is 10.1. The molecule has 6 aromatic carbocycles. The van der Waals surface area contributed by atoms with Gasteiger partial charge in [0.2, 0.25) is 11.8 Å². The fraction of sp³-hybridized carbons (Fsp3) is 0.156. The van der Waals surface area contributed by atoms with Crippen molar-refractivity contribution in [1.29, 1.82) is 0 Å². The van der Waals surface area contributed by atoms with Crippen LogP contribution in [0.1, 0.15) is 23.0 Å². The summed E-state index contributed by atoms with van der Waals surface area (Å²) >= 11 is 0. The fourth-order valence-electron chi connectivity index (χ4n) is 7.94. The molecular weight excluding hydrogens is 601 g/mol. The van der Waals surface area contributed by atoms with Gasteiger partial charge >= 0.3 is 0 Å². The van der Waals surface area contributed by atoms with E-state index in [0.29, 0.717) is 26.3 Å². The van der Waals surface area contributed by atoms with Crippen LogP contribution in [0, 0.1) is 5.41 Å². The Morgan fingerprint density at radius 3 is 0.959 bits per heavy atom. The van der Waals surface area contributed by atoms with Crippen molar-refractivity contribution in [2.24, 2.45) is 15.4 Å². The second-order valence-corrected chi connectivity index (χ2v) is 13.0. The summed E-state index contributed by atoms with van der Waals surface area (Å²) in [5.74, 6) is 1.51. The number of benzene rings is 6. The highest BCUT2D eigenvalue weighted by atomic mass is 16.5. The average Bonchev–Trinajstić information content (AvgIpc) is 3.56. The third kappa shape index (κ3) is 5.25. The van der Waals surface area contributed by atoms with E-state index >= 15 is 0 Å². The summed E-state index contributed by atoms with van der Waals surface area (Å²) in [7, 11) is 0. The highest BCUT2D eigenvalue weighted by Crippen LogP contribution is 2.73. The second kappa shape index (κ2) is 12.4. The molecule has 49 heavy (non-hydrogen) atoms. The molecule has 6 aromatic rings. The van der Waals surface area contributed by atoms with Crippen molar-refractivity contribution in [1.82, 2.24) is 0 Å². The molecule has 4 heteroatoms. The molecule has 2 aliphatic heterocycles. The van der Waals surface area contributed by atoms with Crippen molar-refractivity contribution in [2.45, 2.75) is 11.8 Å². The normalized spacial score (nSPS) is 19.0. The van der Waals surface area contributed by atoms with Crippen LogP contribution in [0.15, 0.2) is 168 Å². The van der Waals surface area contributed by atoms with E-state index in [2.05, 4.69) is 158 Å². The molecule has 0 saturated heterocycles. The Morgan fingerprint density at radius 2 is 0.694 bits per heavy atom. The lowest BCUT2D eigenvalue weighted by atomic mass is 9.91. The Hall–Kier alpha value is -5.74. The first-order chi connectivity index (χ1) is 24.3. The van der Waals surface area contributed by atoms with E-state index in [1.165, 1.54) is 55.6 Å². The first kappa shape index (κ1) is 29.4. The molecule has 0 unspecified atom stereocenters. The number of hydrogen-bond acceptors (Lipinski definition) is 4. The highest BCUT2D eigenvalue weighted by molar-refractivity contribution is 6.13. The van der Waals surface area contributed by atoms with Gasteiger partial charge in [-0.1, -0.05) is 146 Å². The summed E-state index contributed by atoms with van der Waals surface area (Å²) in [5, 5.41) is 0. The maximum Gasteiger partial charge on any atom is 0.200 e. The van der Waals surface area contributed by atoms with E-state index in [1.807, 2.05) is 0 Å². The zero-order chi connectivity index (χ0) is 32.6. The van der Waals surface area contributed by atoms with Crippen molar-refractivity contribution in [3.63, 3.8) is 0 Å². The third-order valence-corrected chi connectivity index (χ3v) is 10.1. The lowest BCUT2D eigenvalue weighted by Crippen LogP contribution is -2.30. The number of rotatable bonds is 8. The molecule has 0 aromatic heterocycles. The van der Waals surface area contributed by atoms with Gasteiger partial charge in [0.25, 0.3) is 0 Å². The Morgan fingerprint density at radius 1 is 0.388 bits per heavy atom. The monoisotopic (exact) mass is 636 g/mol. The molecule has 2 atom stereocenters. The average molecular weight is 637 g/mol. The Kier molecular flexibility index (Phi) is 7.42. The number of aliphatic imine (C=N–C) groups is 2. The van der Waals surface area contributed by atoms with Gasteiger partial charge in [-0.05, 0) is 67.8 Å². The molecule has 0 spiro atoms. The van der Waals surface area contributed by atoms with Crippen LogP contribution in [0.2, 0.25) is 0 Å². The molecule has 238 valence electrons. The second-order valence-electron chi connectivity index (χ2n) is 13.0. The van der Waals surface area contributed by atoms with Gasteiger partial charge < -0.3 is 9.47 Å². The summed E-state index contributed by atoms with van der Waals surface area (Å²) in [4.78, 5) is 10.0. The smallest absolute Gasteiger partial charge is 0.200 e. The fourth-order valence-corrected chi connectivity index (χ4v) is 7.94. The van der Waals surface area contributed by atoms with Crippen LogP contribution in [0.3, 0.4) is 0 Å². The summed E-state index contributed by atoms with van der Waals surface area (Å²) in [6.45, 7) is 2.43. The van der Waals surface area contributed by atoms with Crippen LogP contribution in [-0.2, 0) is 9.47 Å². The van der Waals surface area contributed by atoms with Gasteiger partial charge in [0.05, 0.1) is 13.1 Å². The molecule has 0 radical (unpaired) electrons. The van der Waals surface area contributed by atoms with Crippen LogP contribution >= 0.6 is 0 Å². The van der Waals surface area contributed by atoms with Crippen molar-refractivity contribution >= 4 is 11.8 Å². The molecule has 0 N–H and O–H groups in total. The molecule has 4 nitrogen and oxygen atoms in total. The quantitative estimate of drug-likeness (QED) is 0.167. The standard InChI is InChI=1S/C45H36N2O2/c1-5-13-31(14-6-1)35-25-36(32-15-7-2-8-16-32)28-39(27-35)41-42(45(41,43-46-21-23-48-43)44-47-22-24-49-44)40-29-37(33-17-9-3-10-18-33)26-38(30-40)34-19-11-4-12-20-34/h1-20,25-30,41-42H,21-24H2/t41-,42-/m0/s1. The van der Waals surface area contributed by atoms with Gasteiger partial charge in [0.1, 0.15) is 18.6 Å². The van der Waals surface area contributed by atoms with E-state index in [4.69, 9.17) is 19.5 Å². The van der Waals surface area contributed by atoms with Gasteiger partial charge in [-0.15, -0.1) is 0 Å². The first-order valence-electron chi connectivity index (χ1n) is 17.2. The summed E-state index contributed by atoms with van der Waals surface area (Å²) < 4.78 is 12.9. The zero-order valence-electron chi connectivity index (χ0n) is 27.2. The molecule has 9 rings (SSSR count). The minimum absolute atomic E-state index is 0.00183. The minimum atomic E-state index is -0.639. The first-order valence-corrected chi connectivity index (χ1v) is 17.2. The highest BCUT2D eigenvalue weighted by Gasteiger charge is 2.75. The predicted molar refractivity (Wildman–Crippen MR) is 199 cm³/mol. The van der Waals surface area contributed by atoms with Crippen molar-refractivity contribution in [3.8, 4) is 44.5 Å². The lowest BCUT2D eigenvalue weighted by molar-refractivity contribution is 0.298. The summed E-state index contributed by atoms with van der Waals surface area (Å²) in [6, 6.07) is 56.8. The van der Waals surface area contributed by atoms with Crippen LogP contribution in [0.5, 0.6) is 0 Å². The topological polar surface area (TPSA) is 43.2 Å². The molecule has 1 fully saturated rings. The van der Waals surface area contributed by atoms with Gasteiger partial charge in [-0.2, -0.15) is 0 Å². The van der Waals surface area contributed by atoms with Gasteiger partial charge in [0.15, 0.2) is 0 Å². The van der Waals surface area contributed by atoms with E-state index in [1.54, 1.807) is 0 Å². The number of hydrogen-bond donors (Lipinski definition) is 0. The van der Waals surface area contributed by atoms with E-state index in [9.17, 15) is 0 Å². The third-order valence-electron chi connectivity index (χ3n) is 10.1. The number of ether oxygens (including phenoxy) is 2. The molecule has 0 amide bonds. The van der Waals surface area contributed by atoms with Crippen LogP contribution in [0.25, 0.3) is 44.5 Å². The van der Waals surface area contributed by atoms with Crippen molar-refractivity contribution in [2.75, 3.05) is 26.3 Å². The number of nitrogens with zero attached hydrogens (tertiary/aromatic N) is 2. The van der Waals surface area contributed by atoms with Crippen LogP contribution in [-0.4, -0.2) is 38.1 Å². The van der Waals surface area contributed by atoms with Gasteiger partial charge in [0, 0.05) is 11.8 Å². The Balaban J connectivity index is 1.29. The largest absolute Gasteiger partial charge is 0.478 e. The molecule has 3 aliphatic rings. The molecule has 2 heterocycles. The van der Waals surface area contributed by atoms with E-state index in [0.717, 1.165) is 11.8 Å². The van der Waals surface area contributed by atoms with Crippen LogP contribution in [0.4, 0.5) is 0 Å². The van der Waals surface area contributed by atoms with Crippen molar-refractivity contribution < 1.29 is 9.47 Å². The lowest BCUT2D eigenvalue weighted by Gasteiger charge is -2.19. The molecular formula is C45H36N2O2. The Bertz CT molecular complexity index is 1900. The SMILES string of the molecule is c1ccc(-c2cc(-c3ccccc3)cc([C@H]3[C@H](c4cc(-c5ccccc5)cc(-c5ccccc5)c4)C3(C3=NCCO3)C3=NCCO3)c2)cc1. The summed E-state index contributed by atoms with van der Waals surface area (Å²) in [6.07, 6.45) is 0. The van der Waals surface area contributed by atoms with Gasteiger partial charge in [-0.25, -0.2) is 0 Å². The Labute approximate surface area is 287 Å². The molecule has 1 saturated carbocycles. The summed E-state index contributed by atoms with van der Waals surface area (Å²) in [5.41, 5.74) is 11.3. The van der Waals surface area contributed by atoms with Gasteiger partial charge in [-0.3, -0.25) is 9.98 Å². The minimum Gasteiger partial charge on any atom is -0.478 e. The zero-order valence-corrected chi connectivity index (χ0v) is 27.2. The molecule has 0 bridgehead atoms.